The lowest BCUT2D eigenvalue weighted by atomic mass is 9.66. The largest absolute Gasteiger partial charge is 0.490 e. The van der Waals surface area contributed by atoms with Crippen molar-refractivity contribution in [2.45, 2.75) is 75.1 Å². The highest BCUT2D eigenvalue weighted by molar-refractivity contribution is 5.73. The van der Waals surface area contributed by atoms with Gasteiger partial charge in [0.05, 0.1) is 5.60 Å². The van der Waals surface area contributed by atoms with E-state index in [0.717, 1.165) is 32.4 Å². The van der Waals surface area contributed by atoms with Crippen LogP contribution in [-0.4, -0.2) is 36.0 Å². The van der Waals surface area contributed by atoms with E-state index in [0.29, 0.717) is 6.04 Å². The van der Waals surface area contributed by atoms with Crippen molar-refractivity contribution in [2.24, 2.45) is 0 Å². The first-order valence-corrected chi connectivity index (χ1v) is 12.0. The van der Waals surface area contributed by atoms with Gasteiger partial charge in [-0.25, -0.2) is 9.18 Å². The lowest BCUT2D eigenvalue weighted by Gasteiger charge is -2.47. The molecule has 1 spiro atoms. The van der Waals surface area contributed by atoms with E-state index in [1.807, 2.05) is 12.1 Å². The number of benzene rings is 2. The minimum Gasteiger partial charge on any atom is -0.475 e. The summed E-state index contributed by atoms with van der Waals surface area (Å²) >= 11 is 0. The van der Waals surface area contributed by atoms with E-state index in [9.17, 15) is 17.6 Å². The molecule has 2 N–H and O–H groups in total. The Morgan fingerprint density at radius 2 is 1.66 bits per heavy atom. The van der Waals surface area contributed by atoms with Crippen LogP contribution in [0.25, 0.3) is 0 Å². The van der Waals surface area contributed by atoms with Gasteiger partial charge in [0.1, 0.15) is 5.82 Å². The van der Waals surface area contributed by atoms with E-state index in [-0.39, 0.29) is 16.8 Å². The van der Waals surface area contributed by atoms with Gasteiger partial charge in [0, 0.05) is 18.1 Å². The number of ether oxygens (including phenoxy) is 1. The highest BCUT2D eigenvalue weighted by Crippen LogP contribution is 2.50. The summed E-state index contributed by atoms with van der Waals surface area (Å²) in [5, 5.41) is 10.8. The number of halogens is 4. The molecule has 8 heteroatoms. The number of carboxylic acid groups (broad SMARTS) is 1. The number of aliphatic carboxylic acids is 1. The number of hydrogen-bond acceptors (Lipinski definition) is 3. The van der Waals surface area contributed by atoms with Gasteiger partial charge in [0.2, 0.25) is 0 Å². The molecule has 35 heavy (non-hydrogen) atoms. The van der Waals surface area contributed by atoms with Gasteiger partial charge in [0.25, 0.3) is 0 Å². The number of carboxylic acids is 1. The second-order valence-electron chi connectivity index (χ2n) is 9.59. The first-order valence-electron chi connectivity index (χ1n) is 12.0. The second-order valence-corrected chi connectivity index (χ2v) is 9.59. The monoisotopic (exact) mass is 495 g/mol. The average Bonchev–Trinajstić information content (AvgIpc) is 3.27. The number of rotatable bonds is 6. The second kappa shape index (κ2) is 11.5. The highest BCUT2D eigenvalue weighted by Gasteiger charge is 2.47. The highest BCUT2D eigenvalue weighted by atomic mass is 19.4. The fourth-order valence-electron chi connectivity index (χ4n) is 5.35. The average molecular weight is 496 g/mol. The van der Waals surface area contributed by atoms with Crippen LogP contribution in [0.5, 0.6) is 0 Å². The summed E-state index contributed by atoms with van der Waals surface area (Å²) in [6.07, 6.45) is 2.93. The van der Waals surface area contributed by atoms with Gasteiger partial charge in [-0.3, -0.25) is 0 Å². The summed E-state index contributed by atoms with van der Waals surface area (Å²) in [6.45, 7) is 3.98. The van der Waals surface area contributed by atoms with Crippen LogP contribution in [-0.2, 0) is 14.9 Å². The van der Waals surface area contributed by atoms with Crippen LogP contribution < -0.4 is 5.32 Å². The summed E-state index contributed by atoms with van der Waals surface area (Å²) < 4.78 is 51.6. The molecule has 2 atom stereocenters. The first-order chi connectivity index (χ1) is 16.6. The molecule has 2 aromatic rings. The maximum Gasteiger partial charge on any atom is 0.490 e. The normalized spacial score (nSPS) is 22.3. The Bertz CT molecular complexity index is 943. The maximum absolute atomic E-state index is 13.6. The van der Waals surface area contributed by atoms with E-state index in [1.165, 1.54) is 36.8 Å². The third kappa shape index (κ3) is 7.27. The molecule has 0 bridgehead atoms. The van der Waals surface area contributed by atoms with E-state index in [4.69, 9.17) is 14.6 Å². The third-order valence-electron chi connectivity index (χ3n) is 7.22. The lowest BCUT2D eigenvalue weighted by Crippen LogP contribution is -2.47. The summed E-state index contributed by atoms with van der Waals surface area (Å²) in [4.78, 5) is 8.90. The molecule has 192 valence electrons. The number of carbonyl (C=O) groups is 1. The Balaban J connectivity index is 0.000000429. The van der Waals surface area contributed by atoms with Crippen molar-refractivity contribution in [2.75, 3.05) is 13.2 Å². The molecule has 2 aromatic carbocycles. The van der Waals surface area contributed by atoms with Gasteiger partial charge in [-0.05, 0) is 68.8 Å². The number of hydrogen-bond donors (Lipinski definition) is 2. The lowest BCUT2D eigenvalue weighted by molar-refractivity contribution is -0.192. The molecule has 4 rings (SSSR count). The quantitative estimate of drug-likeness (QED) is 0.446. The Morgan fingerprint density at radius 3 is 2.23 bits per heavy atom. The van der Waals surface area contributed by atoms with Crippen molar-refractivity contribution < 1.29 is 32.2 Å². The summed E-state index contributed by atoms with van der Waals surface area (Å²) in [5.41, 5.74) is 2.70. The van der Waals surface area contributed by atoms with E-state index >= 15 is 0 Å². The molecule has 4 nitrogen and oxygen atoms in total. The van der Waals surface area contributed by atoms with E-state index < -0.39 is 12.1 Å². The van der Waals surface area contributed by atoms with Crippen LogP contribution in [0, 0.1) is 5.82 Å². The molecule has 1 saturated carbocycles. The smallest absolute Gasteiger partial charge is 0.475 e. The van der Waals surface area contributed by atoms with Crippen LogP contribution in [0.4, 0.5) is 17.6 Å². The molecule has 0 aromatic heterocycles. The summed E-state index contributed by atoms with van der Waals surface area (Å²) in [6, 6.07) is 18.2. The molecule has 2 aliphatic rings. The van der Waals surface area contributed by atoms with Crippen molar-refractivity contribution in [1.82, 2.24) is 5.32 Å². The molecular weight excluding hydrogens is 462 g/mol. The van der Waals surface area contributed by atoms with Crippen LogP contribution in [0.1, 0.15) is 69.0 Å². The van der Waals surface area contributed by atoms with Gasteiger partial charge in [-0.1, -0.05) is 55.3 Å². The first kappa shape index (κ1) is 27.1. The predicted molar refractivity (Wildman–Crippen MR) is 126 cm³/mol. The molecule has 1 aliphatic heterocycles. The zero-order chi connectivity index (χ0) is 25.5. The number of alkyl halides is 3. The Kier molecular flexibility index (Phi) is 8.94. The van der Waals surface area contributed by atoms with Crippen molar-refractivity contribution in [3.05, 3.63) is 71.5 Å². The fourth-order valence-corrected chi connectivity index (χ4v) is 5.35. The van der Waals surface area contributed by atoms with Gasteiger partial charge in [-0.15, -0.1) is 0 Å². The zero-order valence-electron chi connectivity index (χ0n) is 19.9. The summed E-state index contributed by atoms with van der Waals surface area (Å²) in [5.74, 6) is -2.91. The van der Waals surface area contributed by atoms with E-state index in [2.05, 4.69) is 42.6 Å². The molecule has 2 fully saturated rings. The van der Waals surface area contributed by atoms with Crippen LogP contribution >= 0.6 is 0 Å². The van der Waals surface area contributed by atoms with Crippen LogP contribution in [0.15, 0.2) is 54.6 Å². The van der Waals surface area contributed by atoms with Crippen molar-refractivity contribution in [1.29, 1.82) is 0 Å². The van der Waals surface area contributed by atoms with Crippen LogP contribution in [0.2, 0.25) is 0 Å². The molecule has 1 saturated heterocycles. The zero-order valence-corrected chi connectivity index (χ0v) is 19.9. The Labute approximate surface area is 203 Å². The van der Waals surface area contributed by atoms with Crippen molar-refractivity contribution >= 4 is 5.97 Å². The fraction of sp³-hybridized carbons (Fsp3) is 0.519. The SMILES string of the molecule is C[C@@H](NCC[C@@]1(c2ccc(F)cc2)CCOC2(CCCC2)C1)c1ccccc1.O=C(O)C(F)(F)F. The molecule has 0 unspecified atom stereocenters. The van der Waals surface area contributed by atoms with Gasteiger partial charge in [-0.2, -0.15) is 13.2 Å². The minimum atomic E-state index is -5.08. The summed E-state index contributed by atoms with van der Waals surface area (Å²) in [7, 11) is 0. The maximum atomic E-state index is 13.6. The Hall–Kier alpha value is -2.45. The topological polar surface area (TPSA) is 58.6 Å². The third-order valence-corrected chi connectivity index (χ3v) is 7.22. The minimum absolute atomic E-state index is 0.0394. The Morgan fingerprint density at radius 1 is 1.06 bits per heavy atom. The standard InChI is InChI=1S/C25H32FNO.C2HF3O2/c1-20(21-7-3-2-4-8-21)27-17-15-24(22-9-11-23(26)12-10-22)16-18-28-25(19-24)13-5-6-14-25;3-2(4,5)1(6)7/h2-4,7-12,20,27H,5-6,13-19H2,1H3;(H,6,7)/t20-,24-;/m1./s1. The van der Waals surface area contributed by atoms with Crippen molar-refractivity contribution in [3.63, 3.8) is 0 Å². The van der Waals surface area contributed by atoms with Gasteiger partial charge in [0.15, 0.2) is 0 Å². The number of nitrogens with one attached hydrogen (secondary N) is 1. The van der Waals surface area contributed by atoms with E-state index in [1.54, 1.807) is 12.1 Å². The molecule has 0 amide bonds. The van der Waals surface area contributed by atoms with Crippen LogP contribution in [0.3, 0.4) is 0 Å². The molecule has 1 aliphatic carbocycles. The van der Waals surface area contributed by atoms with Gasteiger partial charge >= 0.3 is 12.1 Å². The van der Waals surface area contributed by atoms with Crippen molar-refractivity contribution in [3.8, 4) is 0 Å². The van der Waals surface area contributed by atoms with Gasteiger partial charge < -0.3 is 15.2 Å². The predicted octanol–water partition coefficient (Wildman–Crippen LogP) is 6.56. The molecule has 1 heterocycles. The molecular formula is C27H33F4NO3. The molecule has 0 radical (unpaired) electrons.